The van der Waals surface area contributed by atoms with E-state index in [1.54, 1.807) is 12.1 Å². The minimum absolute atomic E-state index is 0.110. The molecule has 0 radical (unpaired) electrons. The highest BCUT2D eigenvalue weighted by molar-refractivity contribution is 6.01. The van der Waals surface area contributed by atoms with Crippen molar-refractivity contribution >= 4 is 5.91 Å². The average molecular weight is 257 g/mol. The van der Waals surface area contributed by atoms with E-state index in [9.17, 15) is 9.18 Å². The molecule has 2 aromatic carbocycles. The number of halogens is 1. The first-order valence-electron chi connectivity index (χ1n) is 6.28. The number of rotatable bonds is 3. The van der Waals surface area contributed by atoms with Gasteiger partial charge in [0.1, 0.15) is 5.82 Å². The molecule has 0 aliphatic heterocycles. The van der Waals surface area contributed by atoms with Crippen LogP contribution in [0, 0.1) is 12.7 Å². The Morgan fingerprint density at radius 1 is 1.11 bits per heavy atom. The molecule has 0 aliphatic carbocycles. The summed E-state index contributed by atoms with van der Waals surface area (Å²) in [6.45, 7) is 4.23. The summed E-state index contributed by atoms with van der Waals surface area (Å²) in [7, 11) is 0. The molecule has 98 valence electrons. The number of benzene rings is 2. The molecule has 2 aromatic rings. The molecule has 2 nitrogen and oxygen atoms in total. The van der Waals surface area contributed by atoms with Crippen LogP contribution < -0.4 is 5.32 Å². The molecule has 0 aliphatic rings. The lowest BCUT2D eigenvalue weighted by Crippen LogP contribution is -2.24. The van der Waals surface area contributed by atoms with Gasteiger partial charge < -0.3 is 5.32 Å². The fourth-order valence-corrected chi connectivity index (χ4v) is 2.10. The molecule has 0 atom stereocenters. The zero-order valence-electron chi connectivity index (χ0n) is 11.0. The first-order valence-corrected chi connectivity index (χ1v) is 6.28. The quantitative estimate of drug-likeness (QED) is 0.895. The summed E-state index contributed by atoms with van der Waals surface area (Å²) in [5, 5.41) is 2.65. The molecule has 0 aromatic heterocycles. The third kappa shape index (κ3) is 2.65. The molecule has 0 bridgehead atoms. The van der Waals surface area contributed by atoms with E-state index < -0.39 is 5.82 Å². The summed E-state index contributed by atoms with van der Waals surface area (Å²) in [6, 6.07) is 12.4. The second kappa shape index (κ2) is 5.65. The second-order valence-electron chi connectivity index (χ2n) is 4.34. The Bertz CT molecular complexity index is 607. The largest absolute Gasteiger partial charge is 0.352 e. The van der Waals surface area contributed by atoms with Gasteiger partial charge in [-0.3, -0.25) is 4.79 Å². The van der Waals surface area contributed by atoms with Crippen LogP contribution in [0.4, 0.5) is 4.39 Å². The monoisotopic (exact) mass is 257 g/mol. The first kappa shape index (κ1) is 13.3. The van der Waals surface area contributed by atoms with Gasteiger partial charge in [-0.25, -0.2) is 4.39 Å². The van der Waals surface area contributed by atoms with E-state index in [0.717, 1.165) is 11.1 Å². The van der Waals surface area contributed by atoms with E-state index in [4.69, 9.17) is 0 Å². The van der Waals surface area contributed by atoms with Crippen LogP contribution in [-0.2, 0) is 0 Å². The molecule has 0 spiro atoms. The third-order valence-electron chi connectivity index (χ3n) is 3.01. The van der Waals surface area contributed by atoms with Crippen LogP contribution in [0.3, 0.4) is 0 Å². The van der Waals surface area contributed by atoms with Crippen molar-refractivity contribution in [2.75, 3.05) is 6.54 Å². The number of hydrogen-bond acceptors (Lipinski definition) is 1. The fourth-order valence-electron chi connectivity index (χ4n) is 2.10. The fraction of sp³-hybridized carbons (Fsp3) is 0.188. The number of nitrogens with one attached hydrogen (secondary N) is 1. The van der Waals surface area contributed by atoms with Gasteiger partial charge in [-0.15, -0.1) is 0 Å². The molecule has 0 fully saturated rings. The van der Waals surface area contributed by atoms with Crippen LogP contribution in [0.2, 0.25) is 0 Å². The van der Waals surface area contributed by atoms with Gasteiger partial charge in [-0.2, -0.15) is 0 Å². The molecular formula is C16H16FNO. The summed E-state index contributed by atoms with van der Waals surface area (Å²) in [5.41, 5.74) is 2.63. The van der Waals surface area contributed by atoms with Crippen LogP contribution in [-0.4, -0.2) is 12.5 Å². The molecule has 1 amide bonds. The third-order valence-corrected chi connectivity index (χ3v) is 3.01. The van der Waals surface area contributed by atoms with Gasteiger partial charge >= 0.3 is 0 Å². The number of carbonyl (C=O) groups excluding carboxylic acids is 1. The van der Waals surface area contributed by atoms with Crippen molar-refractivity contribution in [3.8, 4) is 11.1 Å². The summed E-state index contributed by atoms with van der Waals surface area (Å²) >= 11 is 0. The van der Waals surface area contributed by atoms with Gasteiger partial charge in [0, 0.05) is 6.54 Å². The van der Waals surface area contributed by atoms with Crippen molar-refractivity contribution in [3.63, 3.8) is 0 Å². The van der Waals surface area contributed by atoms with Gasteiger partial charge in [0.2, 0.25) is 0 Å². The lowest BCUT2D eigenvalue weighted by atomic mass is 9.95. The summed E-state index contributed by atoms with van der Waals surface area (Å²) in [5.74, 6) is -0.870. The minimum Gasteiger partial charge on any atom is -0.352 e. The molecular weight excluding hydrogens is 241 g/mol. The first-order chi connectivity index (χ1) is 9.15. The van der Waals surface area contributed by atoms with Gasteiger partial charge in [0.05, 0.1) is 5.56 Å². The highest BCUT2D eigenvalue weighted by atomic mass is 19.1. The van der Waals surface area contributed by atoms with Crippen molar-refractivity contribution in [2.45, 2.75) is 13.8 Å². The van der Waals surface area contributed by atoms with E-state index in [2.05, 4.69) is 5.32 Å². The molecule has 0 unspecified atom stereocenters. The maximum absolute atomic E-state index is 14.0. The Labute approximate surface area is 112 Å². The zero-order valence-corrected chi connectivity index (χ0v) is 11.0. The van der Waals surface area contributed by atoms with Crippen LogP contribution in [0.1, 0.15) is 22.8 Å². The topological polar surface area (TPSA) is 29.1 Å². The van der Waals surface area contributed by atoms with Crippen molar-refractivity contribution in [1.82, 2.24) is 5.32 Å². The van der Waals surface area contributed by atoms with E-state index in [-0.39, 0.29) is 11.5 Å². The van der Waals surface area contributed by atoms with Crippen LogP contribution in [0.25, 0.3) is 11.1 Å². The Balaban J connectivity index is 2.61. The van der Waals surface area contributed by atoms with Crippen molar-refractivity contribution < 1.29 is 9.18 Å². The minimum atomic E-state index is -0.494. The lowest BCUT2D eigenvalue weighted by Gasteiger charge is -2.12. The number of amides is 1. The second-order valence-corrected chi connectivity index (χ2v) is 4.34. The molecule has 3 heteroatoms. The van der Waals surface area contributed by atoms with Gasteiger partial charge in [-0.05, 0) is 36.6 Å². The molecule has 1 N–H and O–H groups in total. The van der Waals surface area contributed by atoms with Crippen molar-refractivity contribution in [1.29, 1.82) is 0 Å². The van der Waals surface area contributed by atoms with Gasteiger partial charge in [0.25, 0.3) is 5.91 Å². The number of aryl methyl sites for hydroxylation is 1. The molecule has 2 rings (SSSR count). The Kier molecular flexibility index (Phi) is 3.95. The molecule has 0 heterocycles. The lowest BCUT2D eigenvalue weighted by molar-refractivity contribution is 0.0952. The summed E-state index contributed by atoms with van der Waals surface area (Å²) < 4.78 is 14.0. The smallest absolute Gasteiger partial charge is 0.254 e. The van der Waals surface area contributed by atoms with Gasteiger partial charge in [-0.1, -0.05) is 36.4 Å². The van der Waals surface area contributed by atoms with E-state index >= 15 is 0 Å². The maximum Gasteiger partial charge on any atom is 0.254 e. The maximum atomic E-state index is 14.0. The summed E-state index contributed by atoms with van der Waals surface area (Å²) in [4.78, 5) is 12.0. The summed E-state index contributed by atoms with van der Waals surface area (Å²) in [6.07, 6.45) is 0. The zero-order chi connectivity index (χ0) is 13.8. The molecule has 19 heavy (non-hydrogen) atoms. The number of carbonyl (C=O) groups is 1. The van der Waals surface area contributed by atoms with Crippen LogP contribution in [0.15, 0.2) is 42.5 Å². The van der Waals surface area contributed by atoms with Crippen LogP contribution in [0.5, 0.6) is 0 Å². The molecule has 0 saturated carbocycles. The highest BCUT2D eigenvalue weighted by Crippen LogP contribution is 2.28. The normalized spacial score (nSPS) is 10.3. The predicted octanol–water partition coefficient (Wildman–Crippen LogP) is 3.55. The Morgan fingerprint density at radius 3 is 2.47 bits per heavy atom. The van der Waals surface area contributed by atoms with E-state index in [1.165, 1.54) is 6.07 Å². The predicted molar refractivity (Wildman–Crippen MR) is 74.6 cm³/mol. The number of hydrogen-bond donors (Lipinski definition) is 1. The Morgan fingerprint density at radius 2 is 1.79 bits per heavy atom. The van der Waals surface area contributed by atoms with E-state index in [0.29, 0.717) is 12.1 Å². The van der Waals surface area contributed by atoms with E-state index in [1.807, 2.05) is 38.1 Å². The SMILES string of the molecule is CCNC(=O)c1c(F)cccc1-c1ccccc1C. The standard InChI is InChI=1S/C16H16FNO/c1-3-18-16(19)15-13(9-6-10-14(15)17)12-8-5-4-7-11(12)2/h4-10H,3H2,1-2H3,(H,18,19). The average Bonchev–Trinajstić information content (AvgIpc) is 2.39. The highest BCUT2D eigenvalue weighted by Gasteiger charge is 2.17. The Hall–Kier alpha value is -2.16. The molecule has 0 saturated heterocycles. The van der Waals surface area contributed by atoms with Crippen molar-refractivity contribution in [2.24, 2.45) is 0 Å². The van der Waals surface area contributed by atoms with Crippen molar-refractivity contribution in [3.05, 3.63) is 59.4 Å². The van der Waals surface area contributed by atoms with Crippen LogP contribution >= 0.6 is 0 Å². The van der Waals surface area contributed by atoms with Gasteiger partial charge in [0.15, 0.2) is 0 Å².